The Hall–Kier alpha value is -2.44. The van der Waals surface area contributed by atoms with Crippen molar-refractivity contribution in [1.82, 2.24) is 24.6 Å². The van der Waals surface area contributed by atoms with Crippen molar-refractivity contribution in [2.75, 3.05) is 37.6 Å². The summed E-state index contributed by atoms with van der Waals surface area (Å²) >= 11 is 12.5. The van der Waals surface area contributed by atoms with Crippen LogP contribution in [0.4, 0.5) is 5.82 Å². The summed E-state index contributed by atoms with van der Waals surface area (Å²) in [6.45, 7) is 10.4. The summed E-state index contributed by atoms with van der Waals surface area (Å²) in [5, 5.41) is 25.5. The molecule has 0 bridgehead atoms. The lowest BCUT2D eigenvalue weighted by Crippen LogP contribution is -2.54. The van der Waals surface area contributed by atoms with Gasteiger partial charge in [-0.15, -0.1) is 0 Å². The van der Waals surface area contributed by atoms with E-state index in [2.05, 4.69) is 26.0 Å². The molecule has 2 saturated heterocycles. The Morgan fingerprint density at radius 3 is 2.69 bits per heavy atom. The van der Waals surface area contributed by atoms with Crippen LogP contribution in [0.2, 0.25) is 10.0 Å². The monoisotopic (exact) mass is 527 g/mol. The number of aliphatic hydroxyl groups is 1. The highest BCUT2D eigenvalue weighted by Gasteiger charge is 2.37. The molecule has 0 spiro atoms. The molecule has 2 aromatic heterocycles. The van der Waals surface area contributed by atoms with E-state index in [1.54, 1.807) is 23.0 Å². The number of likely N-dealkylation sites (tertiary alicyclic amines) is 1. The smallest absolute Gasteiger partial charge is 0.190 e. The van der Waals surface area contributed by atoms with Crippen molar-refractivity contribution in [3.63, 3.8) is 0 Å². The minimum atomic E-state index is -0.669. The molecule has 190 valence electrons. The summed E-state index contributed by atoms with van der Waals surface area (Å²) in [7, 11) is 0. The van der Waals surface area contributed by atoms with E-state index < -0.39 is 5.60 Å². The molecule has 8 nitrogen and oxygen atoms in total. The van der Waals surface area contributed by atoms with E-state index in [9.17, 15) is 10.4 Å². The molecule has 10 heteroatoms. The summed E-state index contributed by atoms with van der Waals surface area (Å²) in [6.07, 6.45) is 4.14. The van der Waals surface area contributed by atoms with Crippen LogP contribution >= 0.6 is 23.2 Å². The van der Waals surface area contributed by atoms with Gasteiger partial charge in [0.2, 0.25) is 0 Å². The molecule has 0 amide bonds. The highest BCUT2D eigenvalue weighted by Crippen LogP contribution is 2.35. The molecule has 2 atom stereocenters. The van der Waals surface area contributed by atoms with E-state index in [1.807, 2.05) is 26.8 Å². The van der Waals surface area contributed by atoms with Crippen LogP contribution in [0, 0.1) is 23.2 Å². The van der Waals surface area contributed by atoms with Crippen molar-refractivity contribution in [3.8, 4) is 6.07 Å². The number of hydrogen-bond donors (Lipinski definition) is 1. The van der Waals surface area contributed by atoms with Gasteiger partial charge in [0.15, 0.2) is 11.3 Å². The summed E-state index contributed by atoms with van der Waals surface area (Å²) < 4.78 is 1.73. The predicted molar refractivity (Wildman–Crippen MR) is 141 cm³/mol. The standard InChI is InChI=1S/C26H31Cl2N7O/c1-16(20-7-6-19(27)9-21(20)28)35-25-24(22(10-29)32-35)30-11-23(31-25)34-13-18(14-34)17-5-4-8-33(12-17)15-26(2,3)36/h6-7,9,11,16-18,36H,4-5,8,12-15H2,1-3H3/t16-,17?/m1/s1. The number of nitriles is 1. The van der Waals surface area contributed by atoms with Gasteiger partial charge >= 0.3 is 0 Å². The summed E-state index contributed by atoms with van der Waals surface area (Å²) in [5.41, 5.74) is 1.48. The second-order valence-electron chi connectivity index (χ2n) is 10.8. The van der Waals surface area contributed by atoms with Gasteiger partial charge in [-0.2, -0.15) is 10.4 Å². The fourth-order valence-electron chi connectivity index (χ4n) is 5.53. The minimum absolute atomic E-state index is 0.247. The topological polar surface area (TPSA) is 94.1 Å². The van der Waals surface area contributed by atoms with Crippen LogP contribution in [-0.4, -0.2) is 68.1 Å². The first kappa shape index (κ1) is 25.2. The number of rotatable bonds is 6. The molecule has 0 saturated carbocycles. The van der Waals surface area contributed by atoms with E-state index in [-0.39, 0.29) is 11.7 Å². The average Bonchev–Trinajstić information content (AvgIpc) is 3.15. The molecule has 5 rings (SSSR count). The number of hydrogen-bond acceptors (Lipinski definition) is 7. The Balaban J connectivity index is 1.35. The lowest BCUT2D eigenvalue weighted by atomic mass is 9.80. The SMILES string of the molecule is C[C@H](c1ccc(Cl)cc1Cl)n1nc(C#N)c2ncc(N3CC(C4CCCN(CC(C)(C)O)C4)C3)nc21. The lowest BCUT2D eigenvalue weighted by Gasteiger charge is -2.47. The van der Waals surface area contributed by atoms with Crippen LogP contribution in [0.3, 0.4) is 0 Å². The number of fused-ring (bicyclic) bond motifs is 1. The third kappa shape index (κ3) is 5.03. The van der Waals surface area contributed by atoms with E-state index in [0.29, 0.717) is 39.6 Å². The quantitative estimate of drug-likeness (QED) is 0.502. The molecule has 2 fully saturated rings. The Bertz CT molecular complexity index is 1310. The molecule has 1 N–H and O–H groups in total. The minimum Gasteiger partial charge on any atom is -0.389 e. The first-order valence-electron chi connectivity index (χ1n) is 12.4. The first-order valence-corrected chi connectivity index (χ1v) is 13.2. The third-order valence-corrected chi connectivity index (χ3v) is 7.89. The van der Waals surface area contributed by atoms with Crippen LogP contribution in [-0.2, 0) is 0 Å². The summed E-state index contributed by atoms with van der Waals surface area (Å²) in [5.74, 6) is 2.01. The number of anilines is 1. The molecule has 0 radical (unpaired) electrons. The molecule has 1 unspecified atom stereocenters. The Morgan fingerprint density at radius 2 is 2.00 bits per heavy atom. The number of nitrogens with zero attached hydrogens (tertiary/aromatic N) is 7. The van der Waals surface area contributed by atoms with Gasteiger partial charge in [0.1, 0.15) is 17.4 Å². The zero-order chi connectivity index (χ0) is 25.6. The average molecular weight is 528 g/mol. The van der Waals surface area contributed by atoms with Crippen LogP contribution in [0.15, 0.2) is 24.4 Å². The van der Waals surface area contributed by atoms with Crippen molar-refractivity contribution >= 4 is 40.2 Å². The van der Waals surface area contributed by atoms with E-state index in [0.717, 1.165) is 37.6 Å². The summed E-state index contributed by atoms with van der Waals surface area (Å²) in [4.78, 5) is 14.1. The van der Waals surface area contributed by atoms with Crippen LogP contribution in [0.25, 0.3) is 11.2 Å². The predicted octanol–water partition coefficient (Wildman–Crippen LogP) is 4.53. The maximum Gasteiger partial charge on any atom is 0.190 e. The molecule has 3 aromatic rings. The normalized spacial score (nSPS) is 20.4. The fraction of sp³-hybridized carbons (Fsp3) is 0.538. The van der Waals surface area contributed by atoms with Gasteiger partial charge in [0.25, 0.3) is 0 Å². The highest BCUT2D eigenvalue weighted by molar-refractivity contribution is 6.35. The first-order chi connectivity index (χ1) is 17.1. The van der Waals surface area contributed by atoms with Gasteiger partial charge in [-0.25, -0.2) is 14.6 Å². The molecule has 0 aliphatic carbocycles. The molecule has 2 aliphatic rings. The molecule has 4 heterocycles. The van der Waals surface area contributed by atoms with Gasteiger partial charge in [-0.3, -0.25) is 0 Å². The van der Waals surface area contributed by atoms with Crippen LogP contribution in [0.1, 0.15) is 50.9 Å². The second-order valence-corrected chi connectivity index (χ2v) is 11.6. The molecule has 2 aliphatic heterocycles. The van der Waals surface area contributed by atoms with Crippen LogP contribution in [0.5, 0.6) is 0 Å². The van der Waals surface area contributed by atoms with Crippen molar-refractivity contribution in [2.45, 2.75) is 45.3 Å². The number of aromatic nitrogens is 4. The van der Waals surface area contributed by atoms with Crippen molar-refractivity contribution in [2.24, 2.45) is 11.8 Å². The zero-order valence-corrected chi connectivity index (χ0v) is 22.3. The van der Waals surface area contributed by atoms with Crippen molar-refractivity contribution in [1.29, 1.82) is 5.26 Å². The summed E-state index contributed by atoms with van der Waals surface area (Å²) in [6, 6.07) is 7.26. The van der Waals surface area contributed by atoms with Crippen molar-refractivity contribution in [3.05, 3.63) is 45.7 Å². The molecular weight excluding hydrogens is 497 g/mol. The van der Waals surface area contributed by atoms with Gasteiger partial charge in [-0.05, 0) is 69.7 Å². The van der Waals surface area contributed by atoms with E-state index >= 15 is 0 Å². The number of piperidine rings is 1. The van der Waals surface area contributed by atoms with Gasteiger partial charge in [0, 0.05) is 36.2 Å². The molecule has 1 aromatic carbocycles. The van der Waals surface area contributed by atoms with E-state index in [4.69, 9.17) is 28.2 Å². The number of halogens is 2. The number of β-amino-alcohol motifs (C(OH)–C–C–N with tert-alkyl or cyclic N) is 1. The maximum absolute atomic E-state index is 10.2. The Kier molecular flexibility index (Phi) is 6.86. The molecular formula is C26H31Cl2N7O. The molecule has 36 heavy (non-hydrogen) atoms. The van der Waals surface area contributed by atoms with Crippen LogP contribution < -0.4 is 4.90 Å². The Morgan fingerprint density at radius 1 is 1.22 bits per heavy atom. The fourth-order valence-corrected chi connectivity index (χ4v) is 6.10. The largest absolute Gasteiger partial charge is 0.389 e. The highest BCUT2D eigenvalue weighted by atomic mass is 35.5. The number of benzene rings is 1. The third-order valence-electron chi connectivity index (χ3n) is 7.33. The van der Waals surface area contributed by atoms with E-state index in [1.165, 1.54) is 12.8 Å². The van der Waals surface area contributed by atoms with Crippen molar-refractivity contribution < 1.29 is 5.11 Å². The maximum atomic E-state index is 10.2. The lowest BCUT2D eigenvalue weighted by molar-refractivity contribution is 0.0132. The van der Waals surface area contributed by atoms with Gasteiger partial charge in [-0.1, -0.05) is 29.3 Å². The van der Waals surface area contributed by atoms with Gasteiger partial charge < -0.3 is 14.9 Å². The van der Waals surface area contributed by atoms with Gasteiger partial charge in [0.05, 0.1) is 17.8 Å². The zero-order valence-electron chi connectivity index (χ0n) is 20.8. The Labute approximate surface area is 221 Å². The second kappa shape index (κ2) is 9.79.